The van der Waals surface area contributed by atoms with Gasteiger partial charge in [0.1, 0.15) is 0 Å². The average Bonchev–Trinajstić information content (AvgIpc) is 2.88. The molecule has 0 radical (unpaired) electrons. The third-order valence-electron chi connectivity index (χ3n) is 3.34. The first-order valence-electron chi connectivity index (χ1n) is 7.02. The van der Waals surface area contributed by atoms with Crippen LogP contribution >= 0.6 is 0 Å². The summed E-state index contributed by atoms with van der Waals surface area (Å²) in [6, 6.07) is 13.7. The van der Waals surface area contributed by atoms with Crippen molar-refractivity contribution >= 4 is 28.2 Å². The van der Waals surface area contributed by atoms with Gasteiger partial charge in [-0.15, -0.1) is 0 Å². The molecular weight excluding hydrogens is 282 g/mol. The van der Waals surface area contributed by atoms with E-state index in [1.807, 2.05) is 42.5 Å². The van der Waals surface area contributed by atoms with Crippen molar-refractivity contribution in [3.05, 3.63) is 53.9 Å². The van der Waals surface area contributed by atoms with Gasteiger partial charge in [0.05, 0.1) is 6.61 Å². The van der Waals surface area contributed by atoms with Crippen molar-refractivity contribution in [1.29, 1.82) is 0 Å². The fourth-order valence-electron chi connectivity index (χ4n) is 2.32. The summed E-state index contributed by atoms with van der Waals surface area (Å²) in [6.07, 6.45) is 0. The third-order valence-corrected chi connectivity index (χ3v) is 3.34. The zero-order valence-corrected chi connectivity index (χ0v) is 12.1. The zero-order valence-electron chi connectivity index (χ0n) is 12.1. The number of hydrogen-bond donors (Lipinski definition) is 1. The summed E-state index contributed by atoms with van der Waals surface area (Å²) in [5.74, 6) is -0.881. The van der Waals surface area contributed by atoms with E-state index in [4.69, 9.17) is 9.47 Å². The van der Waals surface area contributed by atoms with Crippen LogP contribution in [-0.4, -0.2) is 25.0 Å². The molecule has 0 saturated carbocycles. The highest BCUT2D eigenvalue weighted by molar-refractivity contribution is 6.19. The molecule has 0 amide bonds. The minimum absolute atomic E-state index is 0.0602. The zero-order chi connectivity index (χ0) is 15.5. The highest BCUT2D eigenvalue weighted by atomic mass is 16.5. The number of benzene rings is 2. The Balaban J connectivity index is 1.91. The molecule has 22 heavy (non-hydrogen) atoms. The number of ether oxygens (including phenoxy) is 2. The number of esters is 1. The number of nitrogens with one attached hydrogen (secondary N) is 1. The van der Waals surface area contributed by atoms with E-state index in [2.05, 4.69) is 5.32 Å². The number of Topliss-reactive ketones (excluding diaryl/α,β-unsaturated/α-hetero) is 1. The predicted octanol–water partition coefficient (Wildman–Crippen LogP) is 2.63. The van der Waals surface area contributed by atoms with Crippen LogP contribution in [0.4, 0.5) is 5.69 Å². The largest absolute Gasteiger partial charge is 0.470 e. The summed E-state index contributed by atoms with van der Waals surface area (Å²) in [6.45, 7) is 1.75. The van der Waals surface area contributed by atoms with Crippen molar-refractivity contribution in [2.75, 3.05) is 18.5 Å². The number of fused-ring (bicyclic) bond motifs is 1. The van der Waals surface area contributed by atoms with Gasteiger partial charge in [-0.3, -0.25) is 4.79 Å². The lowest BCUT2D eigenvalue weighted by molar-refractivity contribution is -0.139. The number of carbonyl (C=O) groups excluding carboxylic acids is 2. The smallest absolute Gasteiger partial charge is 0.347 e. The van der Waals surface area contributed by atoms with E-state index in [-0.39, 0.29) is 30.5 Å². The lowest BCUT2D eigenvalue weighted by Gasteiger charge is -2.09. The maximum Gasteiger partial charge on any atom is 0.347 e. The molecule has 0 aliphatic carbocycles. The topological polar surface area (TPSA) is 64.6 Å². The second-order valence-electron chi connectivity index (χ2n) is 4.82. The van der Waals surface area contributed by atoms with Crippen LogP contribution in [0.2, 0.25) is 0 Å². The van der Waals surface area contributed by atoms with E-state index in [0.717, 1.165) is 16.5 Å². The molecule has 1 N–H and O–H groups in total. The van der Waals surface area contributed by atoms with Crippen LogP contribution in [0.1, 0.15) is 6.92 Å². The van der Waals surface area contributed by atoms with Crippen molar-refractivity contribution in [2.24, 2.45) is 0 Å². The van der Waals surface area contributed by atoms with E-state index < -0.39 is 5.97 Å². The first kappa shape index (κ1) is 14.1. The number of hydrogen-bond acceptors (Lipinski definition) is 5. The predicted molar refractivity (Wildman–Crippen MR) is 82.2 cm³/mol. The van der Waals surface area contributed by atoms with Gasteiger partial charge in [-0.2, -0.15) is 0 Å². The van der Waals surface area contributed by atoms with Gasteiger partial charge < -0.3 is 14.8 Å². The molecule has 1 heterocycles. The van der Waals surface area contributed by atoms with Crippen LogP contribution in [0.5, 0.6) is 0 Å². The van der Waals surface area contributed by atoms with Crippen molar-refractivity contribution in [3.8, 4) is 0 Å². The molecule has 0 atom stereocenters. The summed E-state index contributed by atoms with van der Waals surface area (Å²) < 4.78 is 10.2. The van der Waals surface area contributed by atoms with Gasteiger partial charge in [-0.1, -0.05) is 30.3 Å². The molecule has 112 valence electrons. The minimum Gasteiger partial charge on any atom is -0.470 e. The number of anilines is 1. The Hall–Kier alpha value is -2.82. The van der Waals surface area contributed by atoms with Crippen LogP contribution in [-0.2, 0) is 19.1 Å². The van der Waals surface area contributed by atoms with E-state index >= 15 is 0 Å². The average molecular weight is 297 g/mol. The summed E-state index contributed by atoms with van der Waals surface area (Å²) in [7, 11) is 0. The highest BCUT2D eigenvalue weighted by Crippen LogP contribution is 2.24. The molecule has 2 aromatic carbocycles. The SMILES string of the molecule is CCOC(=O)C1=C(Nc2ccc3ccccc3c2)OCC1=O. The highest BCUT2D eigenvalue weighted by Gasteiger charge is 2.32. The number of rotatable bonds is 4. The Morgan fingerprint density at radius 3 is 2.77 bits per heavy atom. The van der Waals surface area contributed by atoms with Crippen LogP contribution < -0.4 is 5.32 Å². The van der Waals surface area contributed by atoms with Gasteiger partial charge >= 0.3 is 5.97 Å². The molecule has 2 aromatic rings. The second kappa shape index (κ2) is 5.89. The molecule has 5 heteroatoms. The van der Waals surface area contributed by atoms with E-state index in [0.29, 0.717) is 0 Å². The third kappa shape index (κ3) is 2.65. The van der Waals surface area contributed by atoms with Gasteiger partial charge in [-0.25, -0.2) is 4.79 Å². The summed E-state index contributed by atoms with van der Waals surface area (Å²) >= 11 is 0. The minimum atomic E-state index is -0.659. The van der Waals surface area contributed by atoms with Crippen LogP contribution in [0, 0.1) is 0 Å². The first-order chi connectivity index (χ1) is 10.7. The Morgan fingerprint density at radius 2 is 2.00 bits per heavy atom. The first-order valence-corrected chi connectivity index (χ1v) is 7.02. The van der Waals surface area contributed by atoms with E-state index in [1.165, 1.54) is 0 Å². The lowest BCUT2D eigenvalue weighted by atomic mass is 10.1. The Bertz CT molecular complexity index is 779. The van der Waals surface area contributed by atoms with Crippen LogP contribution in [0.3, 0.4) is 0 Å². The van der Waals surface area contributed by atoms with Gasteiger partial charge in [0.15, 0.2) is 12.2 Å². The van der Waals surface area contributed by atoms with Crippen molar-refractivity contribution in [3.63, 3.8) is 0 Å². The van der Waals surface area contributed by atoms with Gasteiger partial charge in [0.2, 0.25) is 11.7 Å². The molecule has 5 nitrogen and oxygen atoms in total. The maximum absolute atomic E-state index is 11.8. The monoisotopic (exact) mass is 297 g/mol. The lowest BCUT2D eigenvalue weighted by Crippen LogP contribution is -2.16. The Morgan fingerprint density at radius 1 is 1.23 bits per heavy atom. The van der Waals surface area contributed by atoms with E-state index in [1.54, 1.807) is 6.92 Å². The summed E-state index contributed by atoms with van der Waals surface area (Å²) in [5.41, 5.74) is 0.681. The van der Waals surface area contributed by atoms with Crippen LogP contribution in [0.25, 0.3) is 10.8 Å². The molecule has 3 rings (SSSR count). The normalized spacial score (nSPS) is 14.1. The standard InChI is InChI=1S/C17H15NO4/c1-2-21-17(20)15-14(19)10-22-16(15)18-13-8-7-11-5-3-4-6-12(11)9-13/h3-9,18H,2,10H2,1H3. The Labute approximate surface area is 127 Å². The van der Waals surface area contributed by atoms with Crippen molar-refractivity contribution in [2.45, 2.75) is 6.92 Å². The molecular formula is C17H15NO4. The fourth-order valence-corrected chi connectivity index (χ4v) is 2.32. The van der Waals surface area contributed by atoms with Gasteiger partial charge in [0.25, 0.3) is 0 Å². The molecule has 1 aliphatic heterocycles. The number of carbonyl (C=O) groups is 2. The second-order valence-corrected chi connectivity index (χ2v) is 4.82. The van der Waals surface area contributed by atoms with Gasteiger partial charge in [0, 0.05) is 5.69 Å². The van der Waals surface area contributed by atoms with Gasteiger partial charge in [-0.05, 0) is 29.8 Å². The summed E-state index contributed by atoms with van der Waals surface area (Å²) in [4.78, 5) is 23.6. The molecule has 0 aromatic heterocycles. The summed E-state index contributed by atoms with van der Waals surface area (Å²) in [5, 5.41) is 5.15. The van der Waals surface area contributed by atoms with Crippen molar-refractivity contribution in [1.82, 2.24) is 0 Å². The fraction of sp³-hybridized carbons (Fsp3) is 0.176. The van der Waals surface area contributed by atoms with E-state index in [9.17, 15) is 9.59 Å². The molecule has 0 bridgehead atoms. The van der Waals surface area contributed by atoms with Crippen LogP contribution in [0.15, 0.2) is 53.9 Å². The molecule has 0 spiro atoms. The number of ketones is 1. The quantitative estimate of drug-likeness (QED) is 0.694. The Kier molecular flexibility index (Phi) is 3.78. The molecule has 0 fully saturated rings. The maximum atomic E-state index is 11.8. The molecule has 0 unspecified atom stereocenters. The molecule has 0 saturated heterocycles. The van der Waals surface area contributed by atoms with Crippen molar-refractivity contribution < 1.29 is 19.1 Å². The molecule has 1 aliphatic rings.